The second-order valence-corrected chi connectivity index (χ2v) is 5.64. The molecule has 106 valence electrons. The van der Waals surface area contributed by atoms with Gasteiger partial charge in [0.15, 0.2) is 0 Å². The van der Waals surface area contributed by atoms with Crippen LogP contribution in [0.3, 0.4) is 0 Å². The summed E-state index contributed by atoms with van der Waals surface area (Å²) in [5.74, 6) is 0. The van der Waals surface area contributed by atoms with E-state index in [1.807, 2.05) is 18.2 Å². The first-order valence-corrected chi connectivity index (χ1v) is 7.89. The standard InChI is InChI=1S/C13H18ClO4P/c1-3-16-19(15,17-4-2)18-11-5-6-12-7-9-13(14)10-8-12/h5-10H,3-4,11H2,1-2H3/b6-5+. The zero-order valence-electron chi connectivity index (χ0n) is 11.0. The van der Waals surface area contributed by atoms with Crippen LogP contribution in [0, 0.1) is 0 Å². The minimum Gasteiger partial charge on any atom is -0.287 e. The van der Waals surface area contributed by atoms with Crippen molar-refractivity contribution in [2.45, 2.75) is 13.8 Å². The topological polar surface area (TPSA) is 44.8 Å². The van der Waals surface area contributed by atoms with Gasteiger partial charge in [-0.15, -0.1) is 0 Å². The van der Waals surface area contributed by atoms with Gasteiger partial charge in [0, 0.05) is 5.02 Å². The van der Waals surface area contributed by atoms with Crippen LogP contribution in [0.4, 0.5) is 0 Å². The molecule has 1 aromatic carbocycles. The van der Waals surface area contributed by atoms with Gasteiger partial charge in [0.1, 0.15) is 0 Å². The third-order valence-corrected chi connectivity index (χ3v) is 3.95. The molecule has 0 bridgehead atoms. The van der Waals surface area contributed by atoms with E-state index in [9.17, 15) is 4.57 Å². The van der Waals surface area contributed by atoms with E-state index >= 15 is 0 Å². The molecule has 0 spiro atoms. The Bertz CT molecular complexity index is 434. The Kier molecular flexibility index (Phi) is 7.36. The van der Waals surface area contributed by atoms with E-state index in [-0.39, 0.29) is 19.8 Å². The molecule has 1 rings (SSSR count). The molecule has 0 aliphatic carbocycles. The highest BCUT2D eigenvalue weighted by Crippen LogP contribution is 2.49. The number of rotatable bonds is 8. The summed E-state index contributed by atoms with van der Waals surface area (Å²) in [6, 6.07) is 7.35. The maximum Gasteiger partial charge on any atom is 0.475 e. The van der Waals surface area contributed by atoms with Gasteiger partial charge in [0.25, 0.3) is 0 Å². The molecule has 0 N–H and O–H groups in total. The first-order valence-electron chi connectivity index (χ1n) is 6.05. The average molecular weight is 305 g/mol. The smallest absolute Gasteiger partial charge is 0.287 e. The summed E-state index contributed by atoms with van der Waals surface area (Å²) in [5, 5.41) is 0.686. The van der Waals surface area contributed by atoms with Crippen LogP contribution in [0.2, 0.25) is 5.02 Å². The summed E-state index contributed by atoms with van der Waals surface area (Å²) in [5.41, 5.74) is 0.982. The highest BCUT2D eigenvalue weighted by atomic mass is 35.5. The van der Waals surface area contributed by atoms with Crippen LogP contribution in [-0.2, 0) is 18.1 Å². The SMILES string of the molecule is CCOP(=O)(OCC)OC/C=C/c1ccc(Cl)cc1. The van der Waals surface area contributed by atoms with Crippen LogP contribution >= 0.6 is 19.4 Å². The zero-order valence-corrected chi connectivity index (χ0v) is 12.7. The van der Waals surface area contributed by atoms with Crippen molar-refractivity contribution in [3.8, 4) is 0 Å². The van der Waals surface area contributed by atoms with Gasteiger partial charge in [-0.2, -0.15) is 0 Å². The zero-order chi connectivity index (χ0) is 14.1. The van der Waals surface area contributed by atoms with Crippen LogP contribution in [0.25, 0.3) is 6.08 Å². The molecule has 19 heavy (non-hydrogen) atoms. The lowest BCUT2D eigenvalue weighted by atomic mass is 10.2. The fourth-order valence-corrected chi connectivity index (χ4v) is 2.57. The summed E-state index contributed by atoms with van der Waals surface area (Å²) >= 11 is 5.78. The number of benzene rings is 1. The molecule has 0 unspecified atom stereocenters. The van der Waals surface area contributed by atoms with Crippen molar-refractivity contribution >= 4 is 25.5 Å². The molecular formula is C13H18ClO4P. The molecule has 4 nitrogen and oxygen atoms in total. The quantitative estimate of drug-likeness (QED) is 0.661. The summed E-state index contributed by atoms with van der Waals surface area (Å²) in [7, 11) is -3.42. The number of hydrogen-bond acceptors (Lipinski definition) is 4. The largest absolute Gasteiger partial charge is 0.475 e. The summed E-state index contributed by atoms with van der Waals surface area (Å²) in [6.45, 7) is 4.17. The lowest BCUT2D eigenvalue weighted by Crippen LogP contribution is -2.00. The summed E-state index contributed by atoms with van der Waals surface area (Å²) < 4.78 is 27.1. The van der Waals surface area contributed by atoms with Gasteiger partial charge in [-0.25, -0.2) is 4.57 Å². The van der Waals surface area contributed by atoms with Crippen LogP contribution in [0.5, 0.6) is 0 Å². The van der Waals surface area contributed by atoms with E-state index in [1.54, 1.807) is 32.1 Å². The van der Waals surface area contributed by atoms with Crippen molar-refractivity contribution in [2.75, 3.05) is 19.8 Å². The van der Waals surface area contributed by atoms with Gasteiger partial charge in [-0.1, -0.05) is 35.9 Å². The molecule has 0 aliphatic heterocycles. The molecule has 0 saturated heterocycles. The van der Waals surface area contributed by atoms with Gasteiger partial charge in [-0.05, 0) is 31.5 Å². The molecule has 0 amide bonds. The van der Waals surface area contributed by atoms with Crippen LogP contribution in [-0.4, -0.2) is 19.8 Å². The third-order valence-electron chi connectivity index (χ3n) is 2.08. The minimum atomic E-state index is -3.42. The molecule has 0 aromatic heterocycles. The molecular weight excluding hydrogens is 287 g/mol. The molecule has 0 atom stereocenters. The Morgan fingerprint density at radius 2 is 1.68 bits per heavy atom. The van der Waals surface area contributed by atoms with Crippen molar-refractivity contribution < 1.29 is 18.1 Å². The van der Waals surface area contributed by atoms with Gasteiger partial charge in [0.05, 0.1) is 19.8 Å². The Labute approximate surface area is 118 Å². The number of hydrogen-bond donors (Lipinski definition) is 0. The maximum absolute atomic E-state index is 12.0. The highest BCUT2D eigenvalue weighted by molar-refractivity contribution is 7.48. The minimum absolute atomic E-state index is 0.153. The highest BCUT2D eigenvalue weighted by Gasteiger charge is 2.24. The maximum atomic E-state index is 12.0. The molecule has 0 aliphatic rings. The molecule has 0 heterocycles. The summed E-state index contributed by atoms with van der Waals surface area (Å²) in [4.78, 5) is 0. The van der Waals surface area contributed by atoms with Crippen LogP contribution in [0.15, 0.2) is 30.3 Å². The lowest BCUT2D eigenvalue weighted by molar-refractivity contribution is 0.131. The van der Waals surface area contributed by atoms with Crippen molar-refractivity contribution in [1.82, 2.24) is 0 Å². The summed E-state index contributed by atoms with van der Waals surface area (Å²) in [6.07, 6.45) is 3.59. The Balaban J connectivity index is 2.47. The van der Waals surface area contributed by atoms with Gasteiger partial charge in [-0.3, -0.25) is 13.6 Å². The first kappa shape index (κ1) is 16.4. The predicted octanol–water partition coefficient (Wildman–Crippen LogP) is 4.55. The molecule has 0 fully saturated rings. The third kappa shape index (κ3) is 6.37. The van der Waals surface area contributed by atoms with Gasteiger partial charge >= 0.3 is 7.82 Å². The average Bonchev–Trinajstić information content (AvgIpc) is 2.37. The number of halogens is 1. The van der Waals surface area contributed by atoms with E-state index in [1.165, 1.54) is 0 Å². The van der Waals surface area contributed by atoms with Crippen molar-refractivity contribution in [2.24, 2.45) is 0 Å². The Hall–Kier alpha value is -0.640. The van der Waals surface area contributed by atoms with Gasteiger partial charge in [0.2, 0.25) is 0 Å². The van der Waals surface area contributed by atoms with Crippen LogP contribution in [0.1, 0.15) is 19.4 Å². The van der Waals surface area contributed by atoms with Crippen molar-refractivity contribution in [3.05, 3.63) is 40.9 Å². The first-order chi connectivity index (χ1) is 9.09. The van der Waals surface area contributed by atoms with E-state index < -0.39 is 7.82 Å². The van der Waals surface area contributed by atoms with E-state index in [0.29, 0.717) is 5.02 Å². The number of phosphoric acid groups is 1. The van der Waals surface area contributed by atoms with E-state index in [2.05, 4.69) is 0 Å². The monoisotopic (exact) mass is 304 g/mol. The molecule has 6 heteroatoms. The van der Waals surface area contributed by atoms with Crippen LogP contribution < -0.4 is 0 Å². The van der Waals surface area contributed by atoms with Crippen molar-refractivity contribution in [1.29, 1.82) is 0 Å². The second kappa shape index (κ2) is 8.51. The van der Waals surface area contributed by atoms with E-state index in [0.717, 1.165) is 5.56 Å². The lowest BCUT2D eigenvalue weighted by Gasteiger charge is -2.14. The fourth-order valence-electron chi connectivity index (χ4n) is 1.32. The van der Waals surface area contributed by atoms with Gasteiger partial charge < -0.3 is 0 Å². The molecule has 0 radical (unpaired) electrons. The number of phosphoric ester groups is 1. The fraction of sp³-hybridized carbons (Fsp3) is 0.385. The molecule has 1 aromatic rings. The Morgan fingerprint density at radius 1 is 1.11 bits per heavy atom. The molecule has 0 saturated carbocycles. The predicted molar refractivity (Wildman–Crippen MR) is 77.3 cm³/mol. The second-order valence-electron chi connectivity index (χ2n) is 3.53. The van der Waals surface area contributed by atoms with Crippen molar-refractivity contribution in [3.63, 3.8) is 0 Å². The Morgan fingerprint density at radius 3 is 2.21 bits per heavy atom. The normalized spacial score (nSPS) is 12.2. The van der Waals surface area contributed by atoms with E-state index in [4.69, 9.17) is 25.2 Å².